The van der Waals surface area contributed by atoms with Gasteiger partial charge in [0.2, 0.25) is 17.7 Å². The molecule has 5 N–H and O–H groups in total. The molecule has 0 aliphatic carbocycles. The van der Waals surface area contributed by atoms with Crippen molar-refractivity contribution in [2.45, 2.75) is 64.3 Å². The third-order valence-electron chi connectivity index (χ3n) is 6.27. The first-order valence-electron chi connectivity index (χ1n) is 11.2. The number of alkyl carbamates (subject to hydrolysis) is 1. The average Bonchev–Trinajstić information content (AvgIpc) is 3.36. The lowest BCUT2D eigenvalue weighted by atomic mass is 9.85. The number of nitrogens with one attached hydrogen (secondary N) is 3. The monoisotopic (exact) mass is 493 g/mol. The number of ether oxygens (including phenoxy) is 1. The molecule has 0 radical (unpaired) electrons. The first-order chi connectivity index (χ1) is 15.7. The van der Waals surface area contributed by atoms with E-state index in [-0.39, 0.29) is 24.8 Å². The Balaban J connectivity index is 2.25. The van der Waals surface area contributed by atoms with Crippen LogP contribution in [0.3, 0.4) is 0 Å². The van der Waals surface area contributed by atoms with E-state index in [0.29, 0.717) is 13.0 Å². The Bertz CT molecular complexity index is 786. The molecule has 0 bridgehead atoms. The summed E-state index contributed by atoms with van der Waals surface area (Å²) in [5, 5.41) is 7.68. The molecule has 2 fully saturated rings. The van der Waals surface area contributed by atoms with Crippen molar-refractivity contribution in [3.8, 4) is 0 Å². The maximum atomic E-state index is 13.6. The highest BCUT2D eigenvalue weighted by atomic mass is 19.4. The summed E-state index contributed by atoms with van der Waals surface area (Å²) in [5.74, 6) is -4.01. The molecule has 10 nitrogen and oxygen atoms in total. The molecule has 34 heavy (non-hydrogen) atoms. The highest BCUT2D eigenvalue weighted by Crippen LogP contribution is 2.38. The summed E-state index contributed by atoms with van der Waals surface area (Å²) in [6, 6.07) is -3.28. The van der Waals surface area contributed by atoms with Gasteiger partial charge in [-0.05, 0) is 24.7 Å². The van der Waals surface area contributed by atoms with Crippen molar-refractivity contribution in [3.05, 3.63) is 0 Å². The van der Waals surface area contributed by atoms with Gasteiger partial charge in [0.25, 0.3) is 0 Å². The summed E-state index contributed by atoms with van der Waals surface area (Å²) in [4.78, 5) is 50.9. The number of halogens is 3. The zero-order valence-electron chi connectivity index (χ0n) is 19.8. The van der Waals surface area contributed by atoms with Crippen LogP contribution < -0.4 is 21.7 Å². The fraction of sp³-hybridized carbons (Fsp3) is 0.810. The van der Waals surface area contributed by atoms with Crippen LogP contribution in [0.4, 0.5) is 18.0 Å². The topological polar surface area (TPSA) is 143 Å². The summed E-state index contributed by atoms with van der Waals surface area (Å²) in [5.41, 5.74) is 4.86. The second-order valence-corrected chi connectivity index (χ2v) is 9.87. The Morgan fingerprint density at radius 1 is 1.24 bits per heavy atom. The molecule has 0 aromatic heterocycles. The van der Waals surface area contributed by atoms with E-state index in [9.17, 15) is 32.3 Å². The van der Waals surface area contributed by atoms with Gasteiger partial charge >= 0.3 is 12.3 Å². The summed E-state index contributed by atoms with van der Waals surface area (Å²) in [6.45, 7) is 4.68. The lowest BCUT2D eigenvalue weighted by molar-refractivity contribution is -0.171. The molecule has 0 saturated carbocycles. The van der Waals surface area contributed by atoms with Crippen LogP contribution in [-0.4, -0.2) is 79.8 Å². The zero-order chi connectivity index (χ0) is 25.8. The SMILES string of the molecule is COC(=O)N[C@H](C(=O)N1C[C@H](C(F)(F)F)C[C@H]1C(=O)N[C@H](CN)C[C@@H]1CCNC1=O)C(C)(C)C. The number of hydrogen-bond donors (Lipinski definition) is 4. The molecule has 2 heterocycles. The van der Waals surface area contributed by atoms with Crippen molar-refractivity contribution in [3.63, 3.8) is 0 Å². The third kappa shape index (κ3) is 6.73. The molecule has 4 amide bonds. The van der Waals surface area contributed by atoms with E-state index in [4.69, 9.17) is 5.73 Å². The van der Waals surface area contributed by atoms with E-state index >= 15 is 0 Å². The Morgan fingerprint density at radius 2 is 1.88 bits per heavy atom. The molecule has 0 aromatic rings. The van der Waals surface area contributed by atoms with E-state index < -0.39 is 66.5 Å². The van der Waals surface area contributed by atoms with Crippen LogP contribution in [0.2, 0.25) is 0 Å². The number of rotatable bonds is 7. The van der Waals surface area contributed by atoms with Crippen LogP contribution in [-0.2, 0) is 19.1 Å². The van der Waals surface area contributed by atoms with Gasteiger partial charge in [-0.25, -0.2) is 4.79 Å². The number of nitrogens with two attached hydrogens (primary N) is 1. The van der Waals surface area contributed by atoms with Crippen molar-refractivity contribution in [2.75, 3.05) is 26.7 Å². The van der Waals surface area contributed by atoms with Crippen molar-refractivity contribution < 1.29 is 37.1 Å². The predicted molar refractivity (Wildman–Crippen MR) is 115 cm³/mol. The molecule has 2 aliphatic rings. The number of amides is 4. The van der Waals surface area contributed by atoms with Gasteiger partial charge < -0.3 is 31.3 Å². The summed E-state index contributed by atoms with van der Waals surface area (Å²) < 4.78 is 45.2. The van der Waals surface area contributed by atoms with E-state index in [1.54, 1.807) is 20.8 Å². The minimum atomic E-state index is -4.62. The third-order valence-corrected chi connectivity index (χ3v) is 6.27. The Kier molecular flexibility index (Phi) is 8.78. The van der Waals surface area contributed by atoms with Gasteiger partial charge in [-0.15, -0.1) is 0 Å². The second-order valence-electron chi connectivity index (χ2n) is 9.87. The summed E-state index contributed by atoms with van der Waals surface area (Å²) >= 11 is 0. The second kappa shape index (κ2) is 10.8. The fourth-order valence-corrected chi connectivity index (χ4v) is 4.28. The molecule has 194 valence electrons. The average molecular weight is 494 g/mol. The van der Waals surface area contributed by atoms with E-state index in [1.165, 1.54) is 0 Å². The maximum absolute atomic E-state index is 13.6. The van der Waals surface area contributed by atoms with Crippen LogP contribution in [0.15, 0.2) is 0 Å². The number of nitrogens with zero attached hydrogens (tertiary/aromatic N) is 1. The van der Waals surface area contributed by atoms with Crippen LogP contribution in [0, 0.1) is 17.3 Å². The van der Waals surface area contributed by atoms with Crippen LogP contribution in [0.25, 0.3) is 0 Å². The van der Waals surface area contributed by atoms with E-state index in [0.717, 1.165) is 12.0 Å². The van der Waals surface area contributed by atoms with Gasteiger partial charge in [0.05, 0.1) is 13.0 Å². The molecule has 0 unspecified atom stereocenters. The van der Waals surface area contributed by atoms with Gasteiger partial charge in [0.1, 0.15) is 12.1 Å². The summed E-state index contributed by atoms with van der Waals surface area (Å²) in [7, 11) is 1.10. The van der Waals surface area contributed by atoms with Crippen LogP contribution in [0.5, 0.6) is 0 Å². The highest BCUT2D eigenvalue weighted by Gasteiger charge is 2.53. The molecular formula is C21H34F3N5O5. The van der Waals surface area contributed by atoms with Crippen LogP contribution >= 0.6 is 0 Å². The zero-order valence-corrected chi connectivity index (χ0v) is 19.8. The van der Waals surface area contributed by atoms with Gasteiger partial charge in [-0.2, -0.15) is 13.2 Å². The summed E-state index contributed by atoms with van der Waals surface area (Å²) in [6.07, 6.45) is -5.33. The molecule has 5 atom stereocenters. The predicted octanol–water partition coefficient (Wildman–Crippen LogP) is 0.506. The minimum Gasteiger partial charge on any atom is -0.453 e. The highest BCUT2D eigenvalue weighted by molar-refractivity contribution is 5.92. The number of methoxy groups -OCH3 is 1. The lowest BCUT2D eigenvalue weighted by Gasteiger charge is -2.35. The number of hydrogen-bond acceptors (Lipinski definition) is 6. The van der Waals surface area contributed by atoms with Crippen molar-refractivity contribution in [1.29, 1.82) is 0 Å². The fourth-order valence-electron chi connectivity index (χ4n) is 4.28. The smallest absolute Gasteiger partial charge is 0.407 e. The number of alkyl halides is 3. The first kappa shape index (κ1) is 27.7. The van der Waals surface area contributed by atoms with E-state index in [2.05, 4.69) is 20.7 Å². The number of likely N-dealkylation sites (tertiary alicyclic amines) is 1. The van der Waals surface area contributed by atoms with Crippen molar-refractivity contribution in [1.82, 2.24) is 20.9 Å². The van der Waals surface area contributed by atoms with Crippen LogP contribution in [0.1, 0.15) is 40.0 Å². The molecule has 2 saturated heterocycles. The lowest BCUT2D eigenvalue weighted by Crippen LogP contribution is -2.58. The maximum Gasteiger partial charge on any atom is 0.407 e. The van der Waals surface area contributed by atoms with Gasteiger partial charge in [0, 0.05) is 31.6 Å². The normalized spacial score (nSPS) is 24.9. The molecule has 13 heteroatoms. The number of carbonyl (C=O) groups is 4. The van der Waals surface area contributed by atoms with E-state index in [1.807, 2.05) is 0 Å². The molecule has 0 aromatic carbocycles. The first-order valence-corrected chi connectivity index (χ1v) is 11.2. The molecular weight excluding hydrogens is 459 g/mol. The minimum absolute atomic E-state index is 0.0204. The largest absolute Gasteiger partial charge is 0.453 e. The Hall–Kier alpha value is -2.57. The van der Waals surface area contributed by atoms with Gasteiger partial charge in [-0.3, -0.25) is 14.4 Å². The quantitative estimate of drug-likeness (QED) is 0.407. The van der Waals surface area contributed by atoms with Crippen molar-refractivity contribution >= 4 is 23.8 Å². The molecule has 2 aliphatic heterocycles. The standard InChI is InChI=1S/C21H34F3N5O5/c1-20(2,3)15(28-19(33)34-4)18(32)29-10-12(21(22,23)24)8-14(29)17(31)27-13(9-25)7-11-5-6-26-16(11)30/h11-15H,5-10,25H2,1-4H3,(H,26,30)(H,27,31)(H,28,33)/t11-,12+,13-,14-,15+/m0/s1. The van der Waals surface area contributed by atoms with Crippen molar-refractivity contribution in [2.24, 2.45) is 23.0 Å². The number of carbonyl (C=O) groups excluding carboxylic acids is 4. The Labute approximate surface area is 196 Å². The Morgan fingerprint density at radius 3 is 2.35 bits per heavy atom. The molecule has 2 rings (SSSR count). The van der Waals surface area contributed by atoms with Gasteiger partial charge in [0.15, 0.2) is 0 Å². The van der Waals surface area contributed by atoms with Gasteiger partial charge in [-0.1, -0.05) is 20.8 Å². The molecule has 0 spiro atoms.